The van der Waals surface area contributed by atoms with Crippen LogP contribution in [0.1, 0.15) is 24.0 Å². The summed E-state index contributed by atoms with van der Waals surface area (Å²) in [6.07, 6.45) is -2.52. The van der Waals surface area contributed by atoms with Crippen molar-refractivity contribution >= 4 is 11.6 Å². The topological polar surface area (TPSA) is 68.4 Å². The van der Waals surface area contributed by atoms with E-state index in [-0.39, 0.29) is 6.54 Å². The second-order valence-electron chi connectivity index (χ2n) is 7.47. The summed E-state index contributed by atoms with van der Waals surface area (Å²) in [7, 11) is 0. The third-order valence-electron chi connectivity index (χ3n) is 5.72. The predicted molar refractivity (Wildman–Crippen MR) is 94.7 cm³/mol. The molecular weight excluding hydrogens is 359 g/mol. The van der Waals surface area contributed by atoms with Crippen molar-refractivity contribution in [3.63, 3.8) is 0 Å². The Balaban J connectivity index is 1.53. The van der Waals surface area contributed by atoms with E-state index in [0.717, 1.165) is 42.7 Å². The van der Waals surface area contributed by atoms with Crippen LogP contribution in [-0.4, -0.2) is 48.7 Å². The van der Waals surface area contributed by atoms with Crippen LogP contribution in [0.15, 0.2) is 18.2 Å². The van der Waals surface area contributed by atoms with Gasteiger partial charge in [-0.15, -0.1) is 0 Å². The smallest absolute Gasteiger partial charge is 0.382 e. The van der Waals surface area contributed by atoms with Crippen LogP contribution in [0.3, 0.4) is 0 Å². The fraction of sp³-hybridized carbons (Fsp3) is 0.611. The molecule has 0 radical (unpaired) electrons. The largest absolute Gasteiger partial charge is 0.402 e. The van der Waals surface area contributed by atoms with Crippen molar-refractivity contribution in [3.8, 4) is 0 Å². The number of hydrogen-bond donors (Lipinski definition) is 4. The maximum Gasteiger partial charge on any atom is 0.402 e. The Morgan fingerprint density at radius 3 is 2.67 bits per heavy atom. The number of benzene rings is 1. The number of nitrogens with zero attached hydrogens (tertiary/aromatic N) is 1. The van der Waals surface area contributed by atoms with E-state index in [1.165, 1.54) is 0 Å². The fourth-order valence-electron chi connectivity index (χ4n) is 4.32. The molecule has 0 aliphatic carbocycles. The van der Waals surface area contributed by atoms with Gasteiger partial charge in [0, 0.05) is 37.4 Å². The van der Waals surface area contributed by atoms with Crippen molar-refractivity contribution in [3.05, 3.63) is 29.3 Å². The first-order valence-electron chi connectivity index (χ1n) is 9.35. The Morgan fingerprint density at radius 2 is 1.93 bits per heavy atom. The second kappa shape index (κ2) is 7.29. The van der Waals surface area contributed by atoms with Gasteiger partial charge >= 0.3 is 6.18 Å². The summed E-state index contributed by atoms with van der Waals surface area (Å²) < 4.78 is 40.4. The molecule has 0 spiro atoms. The first kappa shape index (κ1) is 18.5. The Kier molecular flexibility index (Phi) is 5.00. The monoisotopic (exact) mass is 383 g/mol. The molecule has 1 aromatic rings. The van der Waals surface area contributed by atoms with Crippen molar-refractivity contribution in [1.82, 2.24) is 21.1 Å². The minimum atomic E-state index is -4.57. The molecule has 0 bridgehead atoms. The summed E-state index contributed by atoms with van der Waals surface area (Å²) in [5.41, 5.74) is 7.80. The van der Waals surface area contributed by atoms with Crippen molar-refractivity contribution in [1.29, 1.82) is 0 Å². The fourth-order valence-corrected chi connectivity index (χ4v) is 4.32. The highest BCUT2D eigenvalue weighted by Crippen LogP contribution is 2.37. The minimum Gasteiger partial charge on any atom is -0.382 e. The van der Waals surface area contributed by atoms with Crippen LogP contribution in [0.4, 0.5) is 18.9 Å². The number of amides is 1. The highest BCUT2D eigenvalue weighted by atomic mass is 19.4. The minimum absolute atomic E-state index is 0.0704. The number of hydrogen-bond acceptors (Lipinski definition) is 5. The molecule has 0 saturated carbocycles. The summed E-state index contributed by atoms with van der Waals surface area (Å²) in [6, 6.07) is 5.35. The van der Waals surface area contributed by atoms with E-state index >= 15 is 0 Å². The van der Waals surface area contributed by atoms with Gasteiger partial charge in [0.1, 0.15) is 0 Å². The lowest BCUT2D eigenvalue weighted by Gasteiger charge is -2.38. The number of carbonyl (C=O) groups excluding carboxylic acids is 1. The lowest BCUT2D eigenvalue weighted by molar-refractivity contribution is -0.201. The predicted octanol–water partition coefficient (Wildman–Crippen LogP) is 1.35. The summed E-state index contributed by atoms with van der Waals surface area (Å²) in [5.74, 6) is -3.03. The molecule has 27 heavy (non-hydrogen) atoms. The summed E-state index contributed by atoms with van der Waals surface area (Å²) in [5, 5.41) is 6.90. The number of nitrogens with one attached hydrogen (secondary N) is 4. The standard InChI is InChI=1S/C18H24F3N5O/c19-18(20,21)16-15(8-23-25-17(16)27)26-9-11-2-1-3-14(13(11)10-26)24-12-4-6-22-7-5-12/h1-3,12,15-16,22-24H,4-10H2,(H,25,27). The first-order valence-corrected chi connectivity index (χ1v) is 9.35. The van der Waals surface area contributed by atoms with Crippen molar-refractivity contribution in [2.45, 2.75) is 44.2 Å². The van der Waals surface area contributed by atoms with Gasteiger partial charge < -0.3 is 10.6 Å². The molecular formula is C18H24F3N5O. The molecule has 2 fully saturated rings. The van der Waals surface area contributed by atoms with E-state index in [0.29, 0.717) is 19.1 Å². The van der Waals surface area contributed by atoms with E-state index in [1.54, 1.807) is 4.90 Å². The quantitative estimate of drug-likeness (QED) is 0.635. The molecule has 2 saturated heterocycles. The van der Waals surface area contributed by atoms with Gasteiger partial charge in [0.2, 0.25) is 5.91 Å². The number of fused-ring (bicyclic) bond motifs is 1. The van der Waals surface area contributed by atoms with Crippen LogP contribution in [0.25, 0.3) is 0 Å². The Morgan fingerprint density at radius 1 is 1.15 bits per heavy atom. The zero-order valence-electron chi connectivity index (χ0n) is 14.9. The number of alkyl halides is 3. The number of halogens is 3. The molecule has 3 aliphatic heterocycles. The van der Waals surface area contributed by atoms with Gasteiger partial charge in [0.15, 0.2) is 5.92 Å². The van der Waals surface area contributed by atoms with Gasteiger partial charge in [0.25, 0.3) is 0 Å². The molecule has 2 unspecified atom stereocenters. The number of anilines is 1. The third kappa shape index (κ3) is 3.76. The van der Waals surface area contributed by atoms with Crippen LogP contribution < -0.4 is 21.5 Å². The van der Waals surface area contributed by atoms with Crippen LogP contribution in [0.2, 0.25) is 0 Å². The number of carbonyl (C=O) groups is 1. The average molecular weight is 383 g/mol. The Labute approximate surface area is 155 Å². The molecule has 1 amide bonds. The molecule has 3 aliphatic rings. The lowest BCUT2D eigenvalue weighted by atomic mass is 9.95. The van der Waals surface area contributed by atoms with Gasteiger partial charge in [-0.2, -0.15) is 13.2 Å². The normalized spacial score (nSPS) is 27.3. The average Bonchev–Trinajstić information content (AvgIpc) is 3.06. The van der Waals surface area contributed by atoms with Gasteiger partial charge in [-0.1, -0.05) is 12.1 Å². The van der Waals surface area contributed by atoms with E-state index < -0.39 is 24.0 Å². The maximum absolute atomic E-state index is 13.5. The van der Waals surface area contributed by atoms with E-state index in [2.05, 4.69) is 21.5 Å². The molecule has 0 aromatic heterocycles. The Bertz CT molecular complexity index is 705. The summed E-state index contributed by atoms with van der Waals surface area (Å²) in [4.78, 5) is 13.6. The molecule has 3 heterocycles. The zero-order chi connectivity index (χ0) is 19.0. The van der Waals surface area contributed by atoms with E-state index in [1.807, 2.05) is 18.2 Å². The molecule has 4 rings (SSSR count). The highest BCUT2D eigenvalue weighted by molar-refractivity contribution is 5.80. The zero-order valence-corrected chi connectivity index (χ0v) is 14.9. The molecule has 4 N–H and O–H groups in total. The third-order valence-corrected chi connectivity index (χ3v) is 5.72. The highest BCUT2D eigenvalue weighted by Gasteiger charge is 2.53. The van der Waals surface area contributed by atoms with Gasteiger partial charge in [0.05, 0.1) is 0 Å². The number of piperidine rings is 1. The van der Waals surface area contributed by atoms with Crippen molar-refractivity contribution < 1.29 is 18.0 Å². The van der Waals surface area contributed by atoms with E-state index in [4.69, 9.17) is 0 Å². The number of rotatable bonds is 3. The number of hydrazine groups is 1. The lowest BCUT2D eigenvalue weighted by Crippen LogP contribution is -2.63. The van der Waals surface area contributed by atoms with Crippen LogP contribution in [0, 0.1) is 5.92 Å². The van der Waals surface area contributed by atoms with E-state index in [9.17, 15) is 18.0 Å². The van der Waals surface area contributed by atoms with Crippen molar-refractivity contribution in [2.75, 3.05) is 25.0 Å². The van der Waals surface area contributed by atoms with Crippen LogP contribution in [0.5, 0.6) is 0 Å². The second-order valence-corrected chi connectivity index (χ2v) is 7.47. The molecule has 1 aromatic carbocycles. The van der Waals surface area contributed by atoms with Gasteiger partial charge in [-0.25, -0.2) is 5.43 Å². The van der Waals surface area contributed by atoms with Crippen molar-refractivity contribution in [2.24, 2.45) is 5.92 Å². The SMILES string of the molecule is O=C1NNCC(N2Cc3cccc(NC4CCNCC4)c3C2)C1C(F)(F)F. The van der Waals surface area contributed by atoms with Crippen LogP contribution in [-0.2, 0) is 17.9 Å². The first-order chi connectivity index (χ1) is 12.9. The molecule has 2 atom stereocenters. The Hall–Kier alpha value is -1.84. The maximum atomic E-state index is 13.5. The molecule has 9 heteroatoms. The summed E-state index contributed by atoms with van der Waals surface area (Å²) >= 11 is 0. The molecule has 148 valence electrons. The van der Waals surface area contributed by atoms with Crippen LogP contribution >= 0.6 is 0 Å². The molecule has 6 nitrogen and oxygen atoms in total. The van der Waals surface area contributed by atoms with Gasteiger partial charge in [-0.3, -0.25) is 15.1 Å². The summed E-state index contributed by atoms with van der Waals surface area (Å²) in [6.45, 7) is 2.84. The van der Waals surface area contributed by atoms with Gasteiger partial charge in [-0.05, 0) is 43.1 Å².